The van der Waals surface area contributed by atoms with Gasteiger partial charge in [-0.3, -0.25) is 4.57 Å². The van der Waals surface area contributed by atoms with Gasteiger partial charge >= 0.3 is 0 Å². The minimum absolute atomic E-state index is 0.606. The fourth-order valence-corrected chi connectivity index (χ4v) is 3.45. The first-order valence-corrected chi connectivity index (χ1v) is 7.88. The lowest BCUT2D eigenvalue weighted by atomic mass is 10.1. The van der Waals surface area contributed by atoms with Crippen LogP contribution < -0.4 is 4.74 Å². The standard InChI is InChI=1S/C20H15N3O/c1-24-18-12-6-11-17(22-18)23-16-10-5-3-8-14(16)19-13-7-2-4-9-15(13)21-20(19)23/h2-12,21H,1H3. The van der Waals surface area contributed by atoms with Crippen LogP contribution in [0.3, 0.4) is 0 Å². The molecule has 24 heavy (non-hydrogen) atoms. The molecule has 0 fully saturated rings. The lowest BCUT2D eigenvalue weighted by molar-refractivity contribution is 0.397. The topological polar surface area (TPSA) is 42.8 Å². The molecule has 0 aliphatic rings. The van der Waals surface area contributed by atoms with Crippen molar-refractivity contribution >= 4 is 32.8 Å². The van der Waals surface area contributed by atoms with Gasteiger partial charge in [0.1, 0.15) is 11.5 Å². The number of pyridine rings is 1. The van der Waals surface area contributed by atoms with Gasteiger partial charge in [0.15, 0.2) is 0 Å². The molecule has 116 valence electrons. The van der Waals surface area contributed by atoms with Gasteiger partial charge in [-0.25, -0.2) is 0 Å². The Balaban J connectivity index is 1.99. The Morgan fingerprint density at radius 3 is 2.54 bits per heavy atom. The molecule has 4 heteroatoms. The first kappa shape index (κ1) is 13.2. The van der Waals surface area contributed by atoms with Crippen LogP contribution in [0.15, 0.2) is 66.7 Å². The largest absolute Gasteiger partial charge is 0.481 e. The molecule has 0 aliphatic carbocycles. The second kappa shape index (κ2) is 4.86. The number of nitrogens with zero attached hydrogens (tertiary/aromatic N) is 2. The molecule has 3 heterocycles. The summed E-state index contributed by atoms with van der Waals surface area (Å²) in [4.78, 5) is 8.18. The fraction of sp³-hybridized carbons (Fsp3) is 0.0500. The molecule has 1 N–H and O–H groups in total. The van der Waals surface area contributed by atoms with E-state index in [2.05, 4.69) is 57.0 Å². The zero-order valence-corrected chi connectivity index (χ0v) is 13.2. The highest BCUT2D eigenvalue weighted by Crippen LogP contribution is 2.36. The normalized spacial score (nSPS) is 11.5. The van der Waals surface area contributed by atoms with Crippen LogP contribution in [0.1, 0.15) is 0 Å². The summed E-state index contributed by atoms with van der Waals surface area (Å²) in [6, 6.07) is 22.6. The first-order valence-electron chi connectivity index (χ1n) is 7.88. The van der Waals surface area contributed by atoms with E-state index in [9.17, 15) is 0 Å². The molecule has 2 aromatic carbocycles. The van der Waals surface area contributed by atoms with Gasteiger partial charge in [-0.05, 0) is 18.2 Å². The third-order valence-electron chi connectivity index (χ3n) is 4.47. The number of ether oxygens (including phenoxy) is 1. The molecule has 0 unspecified atom stereocenters. The van der Waals surface area contributed by atoms with Crippen molar-refractivity contribution in [3.8, 4) is 11.7 Å². The lowest BCUT2D eigenvalue weighted by Crippen LogP contribution is -1.99. The van der Waals surface area contributed by atoms with Crippen molar-refractivity contribution < 1.29 is 4.74 Å². The number of aromatic nitrogens is 3. The molecule has 0 spiro atoms. The van der Waals surface area contributed by atoms with Gasteiger partial charge in [0.05, 0.1) is 12.6 Å². The number of hydrogen-bond donors (Lipinski definition) is 1. The summed E-state index contributed by atoms with van der Waals surface area (Å²) in [7, 11) is 1.64. The van der Waals surface area contributed by atoms with Crippen LogP contribution in [0.4, 0.5) is 0 Å². The Kier molecular flexibility index (Phi) is 2.67. The van der Waals surface area contributed by atoms with Crippen molar-refractivity contribution in [2.75, 3.05) is 7.11 Å². The number of methoxy groups -OCH3 is 1. The number of H-pyrrole nitrogens is 1. The van der Waals surface area contributed by atoms with Crippen LogP contribution in [0.25, 0.3) is 38.7 Å². The highest BCUT2D eigenvalue weighted by molar-refractivity contribution is 6.21. The molecule has 5 rings (SSSR count). The quantitative estimate of drug-likeness (QED) is 0.514. The van der Waals surface area contributed by atoms with Crippen molar-refractivity contribution in [1.29, 1.82) is 0 Å². The summed E-state index contributed by atoms with van der Waals surface area (Å²) in [5.74, 6) is 1.45. The van der Waals surface area contributed by atoms with Crippen LogP contribution >= 0.6 is 0 Å². The Bertz CT molecular complexity index is 1200. The SMILES string of the molecule is COc1cccc(-n2c3ccccc3c3c4ccccc4[nH]c32)n1. The molecular formula is C20H15N3O. The molecule has 0 saturated heterocycles. The molecule has 5 aromatic rings. The van der Waals surface area contributed by atoms with Gasteiger partial charge < -0.3 is 9.72 Å². The Morgan fingerprint density at radius 1 is 0.875 bits per heavy atom. The highest BCUT2D eigenvalue weighted by atomic mass is 16.5. The van der Waals surface area contributed by atoms with E-state index in [-0.39, 0.29) is 0 Å². The third-order valence-corrected chi connectivity index (χ3v) is 4.47. The third kappa shape index (κ3) is 1.71. The van der Waals surface area contributed by atoms with Crippen LogP contribution in [0.5, 0.6) is 5.88 Å². The summed E-state index contributed by atoms with van der Waals surface area (Å²) in [6.45, 7) is 0. The van der Waals surface area contributed by atoms with Crippen LogP contribution in [-0.2, 0) is 0 Å². The molecule has 0 amide bonds. The Labute approximate surface area is 138 Å². The maximum Gasteiger partial charge on any atom is 0.214 e. The maximum absolute atomic E-state index is 5.30. The number of aromatic amines is 1. The van der Waals surface area contributed by atoms with Crippen molar-refractivity contribution in [3.63, 3.8) is 0 Å². The Hall–Kier alpha value is -3.27. The fourth-order valence-electron chi connectivity index (χ4n) is 3.45. The van der Waals surface area contributed by atoms with Crippen molar-refractivity contribution in [1.82, 2.24) is 14.5 Å². The number of fused-ring (bicyclic) bond motifs is 5. The number of rotatable bonds is 2. The first-order chi connectivity index (χ1) is 11.9. The molecule has 0 atom stereocenters. The summed E-state index contributed by atoms with van der Waals surface area (Å²) >= 11 is 0. The average Bonchev–Trinajstić information content (AvgIpc) is 3.16. The van der Waals surface area contributed by atoms with E-state index in [1.54, 1.807) is 7.11 Å². The van der Waals surface area contributed by atoms with Crippen molar-refractivity contribution in [3.05, 3.63) is 66.7 Å². The second-order valence-electron chi connectivity index (χ2n) is 5.78. The van der Waals surface area contributed by atoms with Gasteiger partial charge in [0, 0.05) is 27.7 Å². The van der Waals surface area contributed by atoms with Gasteiger partial charge in [0.25, 0.3) is 0 Å². The Morgan fingerprint density at radius 2 is 1.67 bits per heavy atom. The highest BCUT2D eigenvalue weighted by Gasteiger charge is 2.17. The van der Waals surface area contributed by atoms with Gasteiger partial charge in [0.2, 0.25) is 5.88 Å². The molecule has 4 nitrogen and oxygen atoms in total. The zero-order chi connectivity index (χ0) is 16.1. The summed E-state index contributed by atoms with van der Waals surface area (Å²) in [5, 5.41) is 3.67. The summed E-state index contributed by atoms with van der Waals surface area (Å²) in [5.41, 5.74) is 3.31. The zero-order valence-electron chi connectivity index (χ0n) is 13.2. The van der Waals surface area contributed by atoms with Crippen molar-refractivity contribution in [2.45, 2.75) is 0 Å². The van der Waals surface area contributed by atoms with Gasteiger partial charge in [-0.1, -0.05) is 42.5 Å². The lowest BCUT2D eigenvalue weighted by Gasteiger charge is -2.07. The minimum atomic E-state index is 0.606. The molecule has 0 bridgehead atoms. The van der Waals surface area contributed by atoms with E-state index in [0.29, 0.717) is 5.88 Å². The average molecular weight is 313 g/mol. The number of benzene rings is 2. The van der Waals surface area contributed by atoms with Gasteiger partial charge in [-0.2, -0.15) is 4.98 Å². The number of hydrogen-bond acceptors (Lipinski definition) is 2. The predicted molar refractivity (Wildman–Crippen MR) is 97.0 cm³/mol. The molecule has 0 aliphatic heterocycles. The van der Waals surface area contributed by atoms with E-state index >= 15 is 0 Å². The minimum Gasteiger partial charge on any atom is -0.481 e. The van der Waals surface area contributed by atoms with E-state index in [4.69, 9.17) is 4.74 Å². The van der Waals surface area contributed by atoms with Crippen LogP contribution in [0, 0.1) is 0 Å². The molecule has 0 radical (unpaired) electrons. The molecule has 0 saturated carbocycles. The van der Waals surface area contributed by atoms with E-state index in [0.717, 1.165) is 22.5 Å². The number of nitrogens with one attached hydrogen (secondary N) is 1. The van der Waals surface area contributed by atoms with Crippen LogP contribution in [0.2, 0.25) is 0 Å². The number of para-hydroxylation sites is 2. The van der Waals surface area contributed by atoms with E-state index < -0.39 is 0 Å². The van der Waals surface area contributed by atoms with E-state index in [1.807, 2.05) is 24.3 Å². The summed E-state index contributed by atoms with van der Waals surface area (Å²) in [6.07, 6.45) is 0. The van der Waals surface area contributed by atoms with E-state index in [1.165, 1.54) is 16.2 Å². The maximum atomic E-state index is 5.30. The molecular weight excluding hydrogens is 298 g/mol. The second-order valence-corrected chi connectivity index (χ2v) is 5.78. The predicted octanol–water partition coefficient (Wildman–Crippen LogP) is 4.67. The molecule has 3 aromatic heterocycles. The van der Waals surface area contributed by atoms with Crippen molar-refractivity contribution in [2.24, 2.45) is 0 Å². The smallest absolute Gasteiger partial charge is 0.214 e. The summed E-state index contributed by atoms with van der Waals surface area (Å²) < 4.78 is 7.46. The van der Waals surface area contributed by atoms with Crippen LogP contribution in [-0.4, -0.2) is 21.6 Å². The van der Waals surface area contributed by atoms with Gasteiger partial charge in [-0.15, -0.1) is 0 Å². The monoisotopic (exact) mass is 313 g/mol.